The Labute approximate surface area is 228 Å². The van der Waals surface area contributed by atoms with E-state index in [1.54, 1.807) is 0 Å². The average molecular weight is 613 g/mol. The number of aliphatic hydroxyl groups excluding tert-OH is 2. The predicted octanol–water partition coefficient (Wildman–Crippen LogP) is 6.81. The third-order valence-corrected chi connectivity index (χ3v) is 11.8. The van der Waals surface area contributed by atoms with Gasteiger partial charge in [0, 0.05) is 37.5 Å². The number of halogens is 2. The van der Waals surface area contributed by atoms with Gasteiger partial charge in [-0.15, -0.1) is 0 Å². The Bertz CT molecular complexity index is 495. The summed E-state index contributed by atoms with van der Waals surface area (Å²) in [6.07, 6.45) is 21.6. The number of likely N-dealkylation sites (tertiary alicyclic amines) is 2. The van der Waals surface area contributed by atoms with E-state index in [9.17, 15) is 10.2 Å². The Morgan fingerprint density at radius 2 is 0.882 bits per heavy atom. The van der Waals surface area contributed by atoms with Crippen molar-refractivity contribution in [3.63, 3.8) is 0 Å². The van der Waals surface area contributed by atoms with Crippen LogP contribution in [0.3, 0.4) is 0 Å². The van der Waals surface area contributed by atoms with E-state index in [0.29, 0.717) is 35.0 Å². The first-order valence-electron chi connectivity index (χ1n) is 14.5. The monoisotopic (exact) mass is 610 g/mol. The lowest BCUT2D eigenvalue weighted by Gasteiger charge is -2.35. The van der Waals surface area contributed by atoms with Crippen LogP contribution in [0.15, 0.2) is 0 Å². The van der Waals surface area contributed by atoms with Crippen molar-refractivity contribution in [1.82, 2.24) is 0 Å². The Hall–Kier alpha value is 0.800. The van der Waals surface area contributed by atoms with Crippen LogP contribution in [0.5, 0.6) is 0 Å². The van der Waals surface area contributed by atoms with Gasteiger partial charge in [-0.05, 0) is 44.7 Å². The van der Waals surface area contributed by atoms with Gasteiger partial charge in [-0.1, -0.05) is 64.2 Å². The second-order valence-electron chi connectivity index (χ2n) is 12.1. The molecule has 2 aliphatic heterocycles. The van der Waals surface area contributed by atoms with Crippen molar-refractivity contribution < 1.29 is 19.2 Å². The van der Waals surface area contributed by atoms with Crippen LogP contribution in [0.4, 0.5) is 0 Å². The molecule has 2 N–H and O–H groups in total. The maximum atomic E-state index is 9.42. The SMILES string of the molecule is C[N+]1(C(Br)CCCCCCCCCCCCCCC(Br)[N+]2(C)CCC(CO)C2)CCC(CO)C1. The highest BCUT2D eigenvalue weighted by Gasteiger charge is 2.39. The fraction of sp³-hybridized carbons (Fsp3) is 1.00. The third kappa shape index (κ3) is 10.7. The number of quaternary nitrogens is 2. The summed E-state index contributed by atoms with van der Waals surface area (Å²) in [7, 11) is 4.72. The average Bonchev–Trinajstić information content (AvgIpc) is 3.43. The highest BCUT2D eigenvalue weighted by atomic mass is 79.9. The van der Waals surface area contributed by atoms with Gasteiger partial charge in [-0.3, -0.25) is 0 Å². The lowest BCUT2D eigenvalue weighted by Crippen LogP contribution is -2.47. The van der Waals surface area contributed by atoms with Crippen molar-refractivity contribution in [2.75, 3.05) is 53.5 Å². The van der Waals surface area contributed by atoms with Crippen LogP contribution in [-0.2, 0) is 0 Å². The second-order valence-corrected chi connectivity index (χ2v) is 14.2. The fourth-order valence-electron chi connectivity index (χ4n) is 6.32. The molecule has 2 fully saturated rings. The summed E-state index contributed by atoms with van der Waals surface area (Å²) in [6.45, 7) is 5.40. The minimum atomic E-state index is 0.358. The number of rotatable bonds is 19. The molecule has 0 aromatic heterocycles. The summed E-state index contributed by atoms with van der Waals surface area (Å²) in [5.74, 6) is 1.02. The summed E-state index contributed by atoms with van der Waals surface area (Å²) in [4.78, 5) is 1.13. The molecule has 202 valence electrons. The van der Waals surface area contributed by atoms with Crippen molar-refractivity contribution in [1.29, 1.82) is 0 Å². The lowest BCUT2D eigenvalue weighted by molar-refractivity contribution is -0.907. The Morgan fingerprint density at radius 1 is 0.588 bits per heavy atom. The van der Waals surface area contributed by atoms with Crippen LogP contribution < -0.4 is 0 Å². The molecular formula is C28H56Br2N2O2+2. The molecule has 6 heteroatoms. The van der Waals surface area contributed by atoms with Crippen LogP contribution in [0.2, 0.25) is 0 Å². The van der Waals surface area contributed by atoms with Crippen molar-refractivity contribution in [2.24, 2.45) is 11.8 Å². The molecule has 2 heterocycles. The molecule has 0 aromatic rings. The minimum absolute atomic E-state index is 0.358. The van der Waals surface area contributed by atoms with E-state index in [1.807, 2.05) is 0 Å². The zero-order chi connectivity index (χ0) is 24.9. The normalized spacial score (nSPS) is 31.2. The van der Waals surface area contributed by atoms with Crippen LogP contribution in [0.1, 0.15) is 103 Å². The predicted molar refractivity (Wildman–Crippen MR) is 152 cm³/mol. The van der Waals surface area contributed by atoms with Gasteiger partial charge < -0.3 is 19.2 Å². The second kappa shape index (κ2) is 16.6. The van der Waals surface area contributed by atoms with Gasteiger partial charge in [0.05, 0.1) is 53.5 Å². The number of alkyl halides is 2. The van der Waals surface area contributed by atoms with E-state index >= 15 is 0 Å². The molecular weight excluding hydrogens is 556 g/mol. The van der Waals surface area contributed by atoms with Gasteiger partial charge >= 0.3 is 0 Å². The molecule has 0 aliphatic carbocycles. The molecule has 6 unspecified atom stereocenters. The standard InChI is InChI=1S/C28H56Br2N2O2/c1-31(19-17-25(21-31)23-33)27(29)15-13-11-9-7-5-3-4-6-8-10-12-14-16-28(30)32(2)20-18-26(22-32)24-34/h25-28,33-34H,3-24H2,1-2H3/q+2. The van der Waals surface area contributed by atoms with E-state index in [4.69, 9.17) is 0 Å². The molecule has 0 saturated carbocycles. The topological polar surface area (TPSA) is 40.5 Å². The first-order valence-corrected chi connectivity index (χ1v) is 16.3. The Kier molecular flexibility index (Phi) is 15.1. The first-order chi connectivity index (χ1) is 16.3. The summed E-state index contributed by atoms with van der Waals surface area (Å²) >= 11 is 7.92. The molecule has 2 saturated heterocycles. The van der Waals surface area contributed by atoms with E-state index in [0.717, 1.165) is 22.1 Å². The van der Waals surface area contributed by atoms with Crippen molar-refractivity contribution in [2.45, 2.75) is 113 Å². The van der Waals surface area contributed by atoms with Crippen LogP contribution in [-0.4, -0.2) is 82.6 Å². The van der Waals surface area contributed by atoms with Gasteiger partial charge in [0.1, 0.15) is 9.90 Å². The van der Waals surface area contributed by atoms with E-state index in [-0.39, 0.29) is 0 Å². The molecule has 2 aliphatic rings. The molecule has 34 heavy (non-hydrogen) atoms. The summed E-state index contributed by atoms with van der Waals surface area (Å²) in [5, 5.41) is 18.8. The Balaban J connectivity index is 1.34. The van der Waals surface area contributed by atoms with Crippen molar-refractivity contribution >= 4 is 31.9 Å². The first kappa shape index (κ1) is 31.0. The zero-order valence-electron chi connectivity index (χ0n) is 22.4. The highest BCUT2D eigenvalue weighted by molar-refractivity contribution is 9.09. The van der Waals surface area contributed by atoms with E-state index < -0.39 is 0 Å². The summed E-state index contributed by atoms with van der Waals surface area (Å²) in [5.41, 5.74) is 0. The largest absolute Gasteiger partial charge is 0.396 e. The van der Waals surface area contributed by atoms with Crippen LogP contribution in [0.25, 0.3) is 0 Å². The quantitative estimate of drug-likeness (QED) is 0.0729. The summed E-state index contributed by atoms with van der Waals surface area (Å²) in [6, 6.07) is 0. The number of aliphatic hydroxyl groups is 2. The zero-order valence-corrected chi connectivity index (χ0v) is 25.6. The number of hydrogen-bond donors (Lipinski definition) is 2. The number of unbranched alkanes of at least 4 members (excludes halogenated alkanes) is 11. The fourth-order valence-corrected chi connectivity index (χ4v) is 7.71. The van der Waals surface area contributed by atoms with E-state index in [2.05, 4.69) is 46.0 Å². The van der Waals surface area contributed by atoms with Crippen LogP contribution >= 0.6 is 31.9 Å². The molecule has 0 aromatic carbocycles. The summed E-state index contributed by atoms with van der Waals surface area (Å²) < 4.78 is 2.21. The molecule has 0 spiro atoms. The Morgan fingerprint density at radius 3 is 1.15 bits per heavy atom. The van der Waals surface area contributed by atoms with Gasteiger partial charge in [-0.2, -0.15) is 0 Å². The smallest absolute Gasteiger partial charge is 0.144 e. The molecule has 4 nitrogen and oxygen atoms in total. The van der Waals surface area contributed by atoms with Crippen molar-refractivity contribution in [3.8, 4) is 0 Å². The van der Waals surface area contributed by atoms with Gasteiger partial charge in [0.15, 0.2) is 0 Å². The highest BCUT2D eigenvalue weighted by Crippen LogP contribution is 2.32. The number of hydrogen-bond acceptors (Lipinski definition) is 2. The molecule has 0 bridgehead atoms. The van der Waals surface area contributed by atoms with Crippen molar-refractivity contribution in [3.05, 3.63) is 0 Å². The van der Waals surface area contributed by atoms with E-state index in [1.165, 1.54) is 116 Å². The number of nitrogens with zero attached hydrogens (tertiary/aromatic N) is 2. The van der Waals surface area contributed by atoms with Gasteiger partial charge in [-0.25, -0.2) is 0 Å². The van der Waals surface area contributed by atoms with Crippen LogP contribution in [0, 0.1) is 11.8 Å². The van der Waals surface area contributed by atoms with Gasteiger partial charge in [0.2, 0.25) is 0 Å². The maximum absolute atomic E-state index is 9.42. The maximum Gasteiger partial charge on any atom is 0.144 e. The molecule has 2 rings (SSSR count). The lowest BCUT2D eigenvalue weighted by atomic mass is 10.0. The minimum Gasteiger partial charge on any atom is -0.396 e. The third-order valence-electron chi connectivity index (χ3n) is 8.95. The molecule has 6 atom stereocenters. The molecule has 0 radical (unpaired) electrons. The van der Waals surface area contributed by atoms with Gasteiger partial charge in [0.25, 0.3) is 0 Å². The molecule has 0 amide bonds.